The Bertz CT molecular complexity index is 1180. The summed E-state index contributed by atoms with van der Waals surface area (Å²) in [4.78, 5) is 35.7. The minimum atomic E-state index is -1.41. The highest BCUT2D eigenvalue weighted by Crippen LogP contribution is 2.32. The lowest BCUT2D eigenvalue weighted by Gasteiger charge is -2.16. The number of fused-ring (bicyclic) bond motifs is 1. The van der Waals surface area contributed by atoms with Gasteiger partial charge >= 0.3 is 0 Å². The largest absolute Gasteiger partial charge is 0.387 e. The molecule has 0 radical (unpaired) electrons. The molecule has 12 nitrogen and oxygen atoms in total. The van der Waals surface area contributed by atoms with Crippen molar-refractivity contribution in [3.8, 4) is 0 Å². The number of ether oxygens (including phenoxy) is 1. The molecule has 0 aliphatic carbocycles. The third kappa shape index (κ3) is 5.24. The van der Waals surface area contributed by atoms with Gasteiger partial charge in [0.2, 0.25) is 5.95 Å². The highest BCUT2D eigenvalue weighted by Gasteiger charge is 2.47. The molecule has 2 aromatic heterocycles. The molecule has 12 heteroatoms. The molecule has 0 saturated carbocycles. The summed E-state index contributed by atoms with van der Waals surface area (Å²) in [6.07, 6.45) is -0.859. The van der Waals surface area contributed by atoms with Crippen LogP contribution < -0.4 is 16.4 Å². The average Bonchev–Trinajstić information content (AvgIpc) is 3.40. The monoisotopic (exact) mass is 483 g/mol. The number of carbonyl (C=O) groups is 2. The number of aliphatic hydroxyl groups excluding tert-OH is 2. The van der Waals surface area contributed by atoms with Crippen LogP contribution in [0.2, 0.25) is 0 Å². The molecule has 1 aromatic carbocycles. The molecule has 186 valence electrons. The second-order valence-electron chi connectivity index (χ2n) is 8.28. The number of carbonyl (C=O) groups excluding carboxylic acids is 2. The van der Waals surface area contributed by atoms with E-state index in [-0.39, 0.29) is 11.8 Å². The molecular weight excluding hydrogens is 454 g/mol. The second-order valence-corrected chi connectivity index (χ2v) is 8.28. The van der Waals surface area contributed by atoms with E-state index in [9.17, 15) is 19.8 Å². The number of hydrogen-bond acceptors (Lipinski definition) is 10. The van der Waals surface area contributed by atoms with Gasteiger partial charge in [-0.2, -0.15) is 9.97 Å². The van der Waals surface area contributed by atoms with Crippen LogP contribution in [0.4, 0.5) is 11.8 Å². The standard InChI is InChI=1S/C23H29N7O5/c1-2-25-21(34)18-16(32)17(33)22(35-18)30-12-27-15-19(24)28-23(29-20(15)30)26-10-9-14-7-5-13(6-8-14)4-3-11-31/h5-8,11-12,16-18,22,32-33H,2-4,9-10H2,1H3,(H,25,34)(H3,24,26,28,29)/t16?,17?,18-,22+/m0/s1. The summed E-state index contributed by atoms with van der Waals surface area (Å²) in [6, 6.07) is 8.05. The first kappa shape index (κ1) is 24.5. The van der Waals surface area contributed by atoms with Crippen LogP contribution in [-0.2, 0) is 27.2 Å². The Morgan fingerprint density at radius 3 is 2.57 bits per heavy atom. The molecule has 2 unspecified atom stereocenters. The fourth-order valence-electron chi connectivity index (χ4n) is 4.00. The van der Waals surface area contributed by atoms with E-state index in [0.717, 1.165) is 23.8 Å². The molecule has 0 spiro atoms. The number of likely N-dealkylation sites (N-methyl/N-ethyl adjacent to an activating group) is 1. The lowest BCUT2D eigenvalue weighted by molar-refractivity contribution is -0.137. The van der Waals surface area contributed by atoms with Gasteiger partial charge < -0.3 is 36.1 Å². The maximum absolute atomic E-state index is 12.2. The third-order valence-corrected chi connectivity index (χ3v) is 5.84. The van der Waals surface area contributed by atoms with Crippen molar-refractivity contribution in [1.29, 1.82) is 0 Å². The number of anilines is 2. The van der Waals surface area contributed by atoms with Gasteiger partial charge in [0.05, 0.1) is 6.33 Å². The van der Waals surface area contributed by atoms with Crippen molar-refractivity contribution in [3.05, 3.63) is 41.7 Å². The number of imidazole rings is 1. The number of hydrogen-bond donors (Lipinski definition) is 5. The van der Waals surface area contributed by atoms with Crippen molar-refractivity contribution in [1.82, 2.24) is 24.8 Å². The Hall–Kier alpha value is -3.61. The number of aliphatic hydroxyl groups is 2. The van der Waals surface area contributed by atoms with Crippen molar-refractivity contribution in [3.63, 3.8) is 0 Å². The number of benzene rings is 1. The molecule has 1 aliphatic rings. The SMILES string of the molecule is CCNC(=O)[C@H]1O[C@@H](n2cnc3c(N)nc(NCCc4ccc(CCC=O)cc4)nc32)C(O)C1O. The molecule has 0 bridgehead atoms. The fraction of sp³-hybridized carbons (Fsp3) is 0.435. The minimum absolute atomic E-state index is 0.143. The predicted molar refractivity (Wildman–Crippen MR) is 127 cm³/mol. The van der Waals surface area contributed by atoms with Crippen LogP contribution in [-0.4, -0.2) is 73.3 Å². The summed E-state index contributed by atoms with van der Waals surface area (Å²) in [5.41, 5.74) is 8.91. The summed E-state index contributed by atoms with van der Waals surface area (Å²) < 4.78 is 7.11. The van der Waals surface area contributed by atoms with Crippen LogP contribution in [0, 0.1) is 0 Å². The normalized spacial score (nSPS) is 21.8. The van der Waals surface area contributed by atoms with E-state index in [2.05, 4.69) is 25.6 Å². The van der Waals surface area contributed by atoms with Crippen LogP contribution in [0.5, 0.6) is 0 Å². The summed E-state index contributed by atoms with van der Waals surface area (Å²) in [7, 11) is 0. The molecule has 3 heterocycles. The smallest absolute Gasteiger partial charge is 0.252 e. The lowest BCUT2D eigenvalue weighted by Crippen LogP contribution is -2.42. The van der Waals surface area contributed by atoms with E-state index in [1.165, 1.54) is 10.9 Å². The zero-order valence-electron chi connectivity index (χ0n) is 19.3. The van der Waals surface area contributed by atoms with Gasteiger partial charge in [-0.15, -0.1) is 0 Å². The van der Waals surface area contributed by atoms with Gasteiger partial charge in [0.15, 0.2) is 23.8 Å². The maximum Gasteiger partial charge on any atom is 0.252 e. The van der Waals surface area contributed by atoms with Crippen LogP contribution in [0.3, 0.4) is 0 Å². The van der Waals surface area contributed by atoms with E-state index in [1.54, 1.807) is 6.92 Å². The maximum atomic E-state index is 12.2. The van der Waals surface area contributed by atoms with Crippen molar-refractivity contribution in [2.75, 3.05) is 24.1 Å². The quantitative estimate of drug-likeness (QED) is 0.246. The Balaban J connectivity index is 1.47. The molecule has 1 saturated heterocycles. The molecule has 1 aliphatic heterocycles. The first-order valence-corrected chi connectivity index (χ1v) is 11.5. The summed E-state index contributed by atoms with van der Waals surface area (Å²) in [5, 5.41) is 26.6. The molecule has 4 rings (SSSR count). The number of amides is 1. The topological polar surface area (TPSA) is 178 Å². The molecule has 4 atom stereocenters. The van der Waals surface area contributed by atoms with Crippen LogP contribution >= 0.6 is 0 Å². The van der Waals surface area contributed by atoms with Crippen LogP contribution in [0.25, 0.3) is 11.2 Å². The number of nitrogens with two attached hydrogens (primary N) is 1. The van der Waals surface area contributed by atoms with Gasteiger partial charge in [0, 0.05) is 19.5 Å². The van der Waals surface area contributed by atoms with Gasteiger partial charge in [0.1, 0.15) is 24.0 Å². The number of aromatic nitrogens is 4. The number of aryl methyl sites for hydroxylation is 1. The first-order valence-electron chi connectivity index (χ1n) is 11.5. The van der Waals surface area contributed by atoms with Gasteiger partial charge in [-0.05, 0) is 30.9 Å². The van der Waals surface area contributed by atoms with E-state index in [1.807, 2.05) is 24.3 Å². The lowest BCUT2D eigenvalue weighted by atomic mass is 10.1. The Labute approximate surface area is 201 Å². The number of aldehydes is 1. The fourth-order valence-corrected chi connectivity index (χ4v) is 4.00. The van der Waals surface area contributed by atoms with E-state index in [4.69, 9.17) is 10.5 Å². The molecule has 1 fully saturated rings. The summed E-state index contributed by atoms with van der Waals surface area (Å²) in [5.74, 6) is -0.101. The molecule has 6 N–H and O–H groups in total. The predicted octanol–water partition coefficient (Wildman–Crippen LogP) is -0.0501. The van der Waals surface area contributed by atoms with Gasteiger partial charge in [0.25, 0.3) is 5.91 Å². The van der Waals surface area contributed by atoms with Gasteiger partial charge in [-0.3, -0.25) is 9.36 Å². The van der Waals surface area contributed by atoms with E-state index in [0.29, 0.717) is 37.1 Å². The van der Waals surface area contributed by atoms with Crippen molar-refractivity contribution < 1.29 is 24.5 Å². The first-order chi connectivity index (χ1) is 16.9. The Morgan fingerprint density at radius 2 is 1.89 bits per heavy atom. The highest BCUT2D eigenvalue weighted by atomic mass is 16.6. The van der Waals surface area contributed by atoms with Gasteiger partial charge in [-0.25, -0.2) is 4.98 Å². The van der Waals surface area contributed by atoms with E-state index >= 15 is 0 Å². The zero-order valence-corrected chi connectivity index (χ0v) is 19.3. The average molecular weight is 484 g/mol. The Morgan fingerprint density at radius 1 is 1.17 bits per heavy atom. The minimum Gasteiger partial charge on any atom is -0.387 e. The number of rotatable bonds is 10. The van der Waals surface area contributed by atoms with E-state index < -0.39 is 30.4 Å². The molecule has 1 amide bonds. The molecular formula is C23H29N7O5. The molecule has 3 aromatic rings. The number of nitrogen functional groups attached to an aromatic ring is 1. The number of nitrogens with one attached hydrogen (secondary N) is 2. The van der Waals surface area contributed by atoms with Crippen LogP contribution in [0.1, 0.15) is 30.7 Å². The van der Waals surface area contributed by atoms with Crippen molar-refractivity contribution in [2.24, 2.45) is 0 Å². The third-order valence-electron chi connectivity index (χ3n) is 5.84. The molecule has 35 heavy (non-hydrogen) atoms. The summed E-state index contributed by atoms with van der Waals surface area (Å²) in [6.45, 7) is 2.65. The highest BCUT2D eigenvalue weighted by molar-refractivity contribution is 5.83. The van der Waals surface area contributed by atoms with Gasteiger partial charge in [-0.1, -0.05) is 24.3 Å². The van der Waals surface area contributed by atoms with Crippen LogP contribution in [0.15, 0.2) is 30.6 Å². The number of nitrogens with zero attached hydrogens (tertiary/aromatic N) is 4. The second kappa shape index (κ2) is 10.8. The zero-order chi connectivity index (χ0) is 24.9. The Kier molecular flexibility index (Phi) is 7.54. The van der Waals surface area contributed by atoms with Crippen molar-refractivity contribution >= 4 is 35.1 Å². The summed E-state index contributed by atoms with van der Waals surface area (Å²) >= 11 is 0. The van der Waals surface area contributed by atoms with Crippen molar-refractivity contribution in [2.45, 2.75) is 50.7 Å².